The molecule has 0 spiro atoms. The zero-order valence-electron chi connectivity index (χ0n) is 11.0. The fraction of sp³-hybridized carbons (Fsp3) is 0.538. The van der Waals surface area contributed by atoms with Gasteiger partial charge in [-0.25, -0.2) is 4.39 Å². The lowest BCUT2D eigenvalue weighted by molar-refractivity contribution is 0.322. The quantitative estimate of drug-likeness (QED) is 0.881. The fourth-order valence-corrected chi connectivity index (χ4v) is 1.66. The molecule has 4 heteroatoms. The number of rotatable bonds is 4. The van der Waals surface area contributed by atoms with E-state index in [2.05, 4.69) is 0 Å². The maximum absolute atomic E-state index is 13.6. The first-order valence-electron chi connectivity index (χ1n) is 5.50. The minimum atomic E-state index is -1.14. The number of hydrogen-bond donors (Lipinski definition) is 1. The molecule has 17 heavy (non-hydrogen) atoms. The Morgan fingerprint density at radius 2 is 1.82 bits per heavy atom. The Balaban J connectivity index is 3.46. The van der Waals surface area contributed by atoms with Gasteiger partial charge in [-0.05, 0) is 38.5 Å². The lowest BCUT2D eigenvalue weighted by Gasteiger charge is -2.23. The van der Waals surface area contributed by atoms with Gasteiger partial charge in [-0.3, -0.25) is 0 Å². The number of methoxy groups -OCH3 is 2. The van der Waals surface area contributed by atoms with E-state index in [9.17, 15) is 4.39 Å². The second-order valence-corrected chi connectivity index (χ2v) is 4.64. The highest BCUT2D eigenvalue weighted by atomic mass is 19.1. The van der Waals surface area contributed by atoms with E-state index in [-0.39, 0.29) is 0 Å². The molecule has 2 N–H and O–H groups in total. The first kappa shape index (κ1) is 13.8. The number of benzene rings is 1. The first-order valence-corrected chi connectivity index (χ1v) is 5.50. The van der Waals surface area contributed by atoms with Crippen LogP contribution in [0.2, 0.25) is 0 Å². The van der Waals surface area contributed by atoms with Crippen LogP contribution in [-0.2, 0) is 5.54 Å². The highest BCUT2D eigenvalue weighted by Gasteiger charge is 2.22. The maximum Gasteiger partial charge on any atom is 0.166 e. The lowest BCUT2D eigenvalue weighted by Crippen LogP contribution is -2.28. The summed E-state index contributed by atoms with van der Waals surface area (Å²) >= 11 is 0. The summed E-state index contributed by atoms with van der Waals surface area (Å²) in [5.74, 6) is 0.929. The van der Waals surface area contributed by atoms with Gasteiger partial charge in [-0.1, -0.05) is 0 Å². The number of nitrogens with two attached hydrogens (primary N) is 1. The molecule has 1 rings (SSSR count). The van der Waals surface area contributed by atoms with Crippen molar-refractivity contribution in [1.82, 2.24) is 0 Å². The van der Waals surface area contributed by atoms with Crippen LogP contribution in [0.15, 0.2) is 12.1 Å². The summed E-state index contributed by atoms with van der Waals surface area (Å²) in [5, 5.41) is 0. The molecule has 0 aliphatic carbocycles. The zero-order chi connectivity index (χ0) is 13.2. The molecule has 0 heterocycles. The Labute approximate surface area is 102 Å². The summed E-state index contributed by atoms with van der Waals surface area (Å²) in [4.78, 5) is 0. The van der Waals surface area contributed by atoms with Crippen LogP contribution in [0.25, 0.3) is 0 Å². The van der Waals surface area contributed by atoms with Crippen LogP contribution in [0.5, 0.6) is 11.5 Å². The van der Waals surface area contributed by atoms with Crippen molar-refractivity contribution in [2.45, 2.75) is 32.5 Å². The molecule has 1 unspecified atom stereocenters. The third-order valence-electron chi connectivity index (χ3n) is 2.68. The van der Waals surface area contributed by atoms with Crippen LogP contribution in [0, 0.1) is 0 Å². The average Bonchev–Trinajstić information content (AvgIpc) is 2.25. The van der Waals surface area contributed by atoms with Crippen molar-refractivity contribution in [2.75, 3.05) is 14.2 Å². The fourth-order valence-electron chi connectivity index (χ4n) is 1.66. The SMILES string of the molecule is COc1cc(C(C)(C)N)cc(C(C)F)c1OC. The van der Waals surface area contributed by atoms with E-state index >= 15 is 0 Å². The second-order valence-electron chi connectivity index (χ2n) is 4.64. The molecule has 0 radical (unpaired) electrons. The van der Waals surface area contributed by atoms with E-state index in [4.69, 9.17) is 15.2 Å². The molecule has 0 saturated heterocycles. The number of halogens is 1. The highest BCUT2D eigenvalue weighted by molar-refractivity contribution is 5.51. The summed E-state index contributed by atoms with van der Waals surface area (Å²) in [6.45, 7) is 5.19. The summed E-state index contributed by atoms with van der Waals surface area (Å²) in [6.07, 6.45) is -1.14. The minimum Gasteiger partial charge on any atom is -0.493 e. The predicted molar refractivity (Wildman–Crippen MR) is 66.3 cm³/mol. The van der Waals surface area contributed by atoms with Gasteiger partial charge in [-0.15, -0.1) is 0 Å². The van der Waals surface area contributed by atoms with Gasteiger partial charge >= 0.3 is 0 Å². The van der Waals surface area contributed by atoms with Gasteiger partial charge in [0.2, 0.25) is 0 Å². The normalized spacial score (nSPS) is 13.4. The van der Waals surface area contributed by atoms with E-state index in [1.54, 1.807) is 12.1 Å². The van der Waals surface area contributed by atoms with Gasteiger partial charge < -0.3 is 15.2 Å². The van der Waals surface area contributed by atoms with E-state index in [1.807, 2.05) is 13.8 Å². The molecule has 1 aromatic rings. The number of ether oxygens (including phenoxy) is 2. The van der Waals surface area contributed by atoms with E-state index in [1.165, 1.54) is 21.1 Å². The van der Waals surface area contributed by atoms with Crippen molar-refractivity contribution in [3.63, 3.8) is 0 Å². The maximum atomic E-state index is 13.6. The summed E-state index contributed by atoms with van der Waals surface area (Å²) < 4.78 is 24.0. The molecule has 0 saturated carbocycles. The molecule has 0 amide bonds. The van der Waals surface area contributed by atoms with Crippen LogP contribution >= 0.6 is 0 Å². The third-order valence-corrected chi connectivity index (χ3v) is 2.68. The van der Waals surface area contributed by atoms with Gasteiger partial charge in [0.1, 0.15) is 6.17 Å². The van der Waals surface area contributed by atoms with Crippen LogP contribution in [0.3, 0.4) is 0 Å². The van der Waals surface area contributed by atoms with Crippen LogP contribution in [0.4, 0.5) is 4.39 Å². The van der Waals surface area contributed by atoms with Crippen molar-refractivity contribution in [1.29, 1.82) is 0 Å². The predicted octanol–water partition coefficient (Wildman–Crippen LogP) is 2.93. The summed E-state index contributed by atoms with van der Waals surface area (Å²) in [7, 11) is 3.02. The van der Waals surface area contributed by atoms with Crippen molar-refractivity contribution in [2.24, 2.45) is 5.73 Å². The Kier molecular flexibility index (Phi) is 3.98. The largest absolute Gasteiger partial charge is 0.493 e. The average molecular weight is 241 g/mol. The summed E-state index contributed by atoms with van der Waals surface area (Å²) in [6, 6.07) is 3.51. The van der Waals surface area contributed by atoms with Gasteiger partial charge in [0.25, 0.3) is 0 Å². The van der Waals surface area contributed by atoms with E-state index in [0.29, 0.717) is 17.1 Å². The molecule has 1 aromatic carbocycles. The third kappa shape index (κ3) is 2.88. The number of hydrogen-bond acceptors (Lipinski definition) is 3. The Hall–Kier alpha value is -1.29. The van der Waals surface area contributed by atoms with Crippen molar-refractivity contribution in [3.05, 3.63) is 23.3 Å². The molecule has 0 aliphatic heterocycles. The smallest absolute Gasteiger partial charge is 0.166 e. The van der Waals surface area contributed by atoms with Crippen molar-refractivity contribution in [3.8, 4) is 11.5 Å². The van der Waals surface area contributed by atoms with Gasteiger partial charge in [0.05, 0.1) is 14.2 Å². The van der Waals surface area contributed by atoms with Gasteiger partial charge in [-0.2, -0.15) is 0 Å². The van der Waals surface area contributed by atoms with Crippen LogP contribution < -0.4 is 15.2 Å². The molecule has 1 atom stereocenters. The topological polar surface area (TPSA) is 44.5 Å². The number of alkyl halides is 1. The zero-order valence-corrected chi connectivity index (χ0v) is 11.0. The molecule has 0 aliphatic rings. The Bertz CT molecular complexity index is 397. The second kappa shape index (κ2) is 4.92. The van der Waals surface area contributed by atoms with E-state index in [0.717, 1.165) is 5.56 Å². The molecule has 0 bridgehead atoms. The molecule has 3 nitrogen and oxygen atoms in total. The molecule has 0 fully saturated rings. The van der Waals surface area contributed by atoms with E-state index < -0.39 is 11.7 Å². The van der Waals surface area contributed by atoms with Gasteiger partial charge in [0, 0.05) is 11.1 Å². The van der Waals surface area contributed by atoms with Crippen LogP contribution in [-0.4, -0.2) is 14.2 Å². The monoisotopic (exact) mass is 241 g/mol. The molecule has 0 aromatic heterocycles. The molecular formula is C13H20FNO2. The van der Waals surface area contributed by atoms with Crippen molar-refractivity contribution < 1.29 is 13.9 Å². The standard InChI is InChI=1S/C13H20FNO2/c1-8(14)10-6-9(13(2,3)15)7-11(16-4)12(10)17-5/h6-8H,15H2,1-5H3. The molecule has 96 valence electrons. The lowest BCUT2D eigenvalue weighted by atomic mass is 9.92. The van der Waals surface area contributed by atoms with Crippen molar-refractivity contribution >= 4 is 0 Å². The summed E-state index contributed by atoms with van der Waals surface area (Å²) in [5.41, 5.74) is 6.74. The Morgan fingerprint density at radius 3 is 2.18 bits per heavy atom. The molecular weight excluding hydrogens is 221 g/mol. The minimum absolute atomic E-state index is 0.426. The Morgan fingerprint density at radius 1 is 1.24 bits per heavy atom. The van der Waals surface area contributed by atoms with Gasteiger partial charge in [0.15, 0.2) is 11.5 Å². The first-order chi connectivity index (χ1) is 7.81. The van der Waals surface area contributed by atoms with Crippen LogP contribution in [0.1, 0.15) is 38.1 Å². The highest BCUT2D eigenvalue weighted by Crippen LogP contribution is 2.39.